The number of fused-ring (bicyclic) bond motifs is 4. The van der Waals surface area contributed by atoms with Crippen LogP contribution in [0.3, 0.4) is 0 Å². The van der Waals surface area contributed by atoms with Crippen LogP contribution in [0.15, 0.2) is 36.7 Å². The van der Waals surface area contributed by atoms with Crippen LogP contribution in [-0.4, -0.2) is 62.5 Å². The smallest absolute Gasteiger partial charge is 0.306 e. The molecule has 3 N–H and O–H groups in total. The molecule has 3 heterocycles. The topological polar surface area (TPSA) is 142 Å². The minimum atomic E-state index is -2.77. The van der Waals surface area contributed by atoms with Crippen molar-refractivity contribution in [2.75, 3.05) is 18.9 Å². The number of pyridine rings is 1. The number of nitrogens with zero attached hydrogens (tertiary/aromatic N) is 4. The number of anilines is 1. The van der Waals surface area contributed by atoms with E-state index in [1.807, 2.05) is 12.1 Å². The highest BCUT2D eigenvalue weighted by molar-refractivity contribution is 6.00. The molecule has 0 aromatic carbocycles. The molecule has 3 aromatic heterocycles. The predicted octanol–water partition coefficient (Wildman–Crippen LogP) is 4.17. The molecule has 41 heavy (non-hydrogen) atoms. The fourth-order valence-electron chi connectivity index (χ4n) is 6.01. The third-order valence-corrected chi connectivity index (χ3v) is 8.68. The summed E-state index contributed by atoms with van der Waals surface area (Å²) < 4.78 is 42.4. The molecule has 3 aliphatic rings. The van der Waals surface area contributed by atoms with Crippen molar-refractivity contribution in [1.82, 2.24) is 19.9 Å². The molecule has 3 saturated carbocycles. The summed E-state index contributed by atoms with van der Waals surface area (Å²) in [6.07, 6.45) is 5.33. The first-order valence-corrected chi connectivity index (χ1v) is 13.6. The Morgan fingerprint density at radius 2 is 1.98 bits per heavy atom. The monoisotopic (exact) mass is 565 g/mol. The van der Waals surface area contributed by atoms with Crippen LogP contribution >= 0.6 is 0 Å². The highest BCUT2D eigenvalue weighted by Gasteiger charge is 2.49. The number of amides is 1. The van der Waals surface area contributed by atoms with E-state index in [2.05, 4.69) is 31.5 Å². The number of nitrogens with one attached hydrogen (secondary N) is 2. The highest BCUT2D eigenvalue weighted by Crippen LogP contribution is 2.55. The normalized spacial score (nSPS) is 24.0. The van der Waals surface area contributed by atoms with Crippen molar-refractivity contribution in [2.45, 2.75) is 76.1 Å². The number of aliphatic hydroxyl groups is 1. The van der Waals surface area contributed by atoms with Gasteiger partial charge in [0.2, 0.25) is 0 Å². The zero-order valence-electron chi connectivity index (χ0n) is 26.0. The molecule has 3 aromatic rings. The second kappa shape index (κ2) is 10.7. The highest BCUT2D eigenvalue weighted by atomic mass is 19.1. The van der Waals surface area contributed by atoms with Gasteiger partial charge in [-0.05, 0) is 82.1 Å². The minimum absolute atomic E-state index is 0.0436. The van der Waals surface area contributed by atoms with Gasteiger partial charge in [-0.3, -0.25) is 14.6 Å². The van der Waals surface area contributed by atoms with E-state index < -0.39 is 37.2 Å². The molecule has 0 spiro atoms. The van der Waals surface area contributed by atoms with E-state index in [-0.39, 0.29) is 22.9 Å². The van der Waals surface area contributed by atoms with E-state index in [1.54, 1.807) is 16.6 Å². The van der Waals surface area contributed by atoms with Crippen molar-refractivity contribution < 1.29 is 27.9 Å². The molecule has 10 nitrogen and oxygen atoms in total. The Balaban J connectivity index is 1.42. The first kappa shape index (κ1) is 24.7. The van der Waals surface area contributed by atoms with E-state index in [0.717, 1.165) is 0 Å². The third-order valence-electron chi connectivity index (χ3n) is 8.68. The number of carbonyl (C=O) groups excluding carboxylic acids is 2. The average Bonchev–Trinajstić information content (AvgIpc) is 3.38. The van der Waals surface area contributed by atoms with Crippen LogP contribution in [0.1, 0.15) is 78.8 Å². The van der Waals surface area contributed by atoms with Crippen molar-refractivity contribution in [3.63, 3.8) is 0 Å². The van der Waals surface area contributed by atoms with E-state index in [0.29, 0.717) is 66.7 Å². The third kappa shape index (κ3) is 5.75. The average molecular weight is 566 g/mol. The zero-order chi connectivity index (χ0) is 31.9. The second-order valence-corrected chi connectivity index (χ2v) is 11.9. The number of ether oxygens (including phenoxy) is 1. The van der Waals surface area contributed by atoms with Crippen molar-refractivity contribution in [3.8, 4) is 17.5 Å². The number of carbonyl (C=O) groups is 2. The van der Waals surface area contributed by atoms with E-state index >= 15 is 0 Å². The summed E-state index contributed by atoms with van der Waals surface area (Å²) in [5, 5.41) is 29.7. The van der Waals surface area contributed by atoms with Crippen molar-refractivity contribution in [3.05, 3.63) is 47.8 Å². The number of alkyl halides is 1. The quantitative estimate of drug-likeness (QED) is 0.328. The number of rotatable bonds is 9. The van der Waals surface area contributed by atoms with Crippen LogP contribution < -0.4 is 10.6 Å². The van der Waals surface area contributed by atoms with Gasteiger partial charge in [-0.1, -0.05) is 0 Å². The van der Waals surface area contributed by atoms with Gasteiger partial charge >= 0.3 is 5.97 Å². The molecule has 3 aliphatic carbocycles. The Labute approximate surface area is 242 Å². The van der Waals surface area contributed by atoms with E-state index in [9.17, 15) is 24.3 Å². The Morgan fingerprint density at radius 3 is 2.63 bits per heavy atom. The Kier molecular flexibility index (Phi) is 6.48. The Morgan fingerprint density at radius 1 is 1.24 bits per heavy atom. The number of nitriles is 1. The van der Waals surface area contributed by atoms with Gasteiger partial charge in [-0.2, -0.15) is 10.4 Å². The summed E-state index contributed by atoms with van der Waals surface area (Å²) in [6, 6.07) is 9.16. The Bertz CT molecular complexity index is 1600. The summed E-state index contributed by atoms with van der Waals surface area (Å²) in [4.78, 5) is 30.2. The maximum atomic E-state index is 14.5. The number of hydrogen-bond acceptors (Lipinski definition) is 8. The molecule has 0 saturated heterocycles. The predicted molar refractivity (Wildman–Crippen MR) is 150 cm³/mol. The van der Waals surface area contributed by atoms with Crippen LogP contribution in [0, 0.1) is 16.7 Å². The number of methoxy groups -OCH3 is 1. The number of hydrogen-bond donors (Lipinski definition) is 3. The van der Waals surface area contributed by atoms with Crippen molar-refractivity contribution in [2.24, 2.45) is 5.41 Å². The lowest BCUT2D eigenvalue weighted by molar-refractivity contribution is -0.145. The lowest BCUT2D eigenvalue weighted by Crippen LogP contribution is -2.51. The molecule has 11 heteroatoms. The van der Waals surface area contributed by atoms with Gasteiger partial charge in [-0.25, -0.2) is 8.91 Å². The minimum Gasteiger partial charge on any atom is -0.469 e. The van der Waals surface area contributed by atoms with Crippen LogP contribution in [0.25, 0.3) is 16.9 Å². The molecular formula is C30H35FN6O4. The molecule has 3 fully saturated rings. The largest absolute Gasteiger partial charge is 0.469 e. The van der Waals surface area contributed by atoms with Gasteiger partial charge in [0, 0.05) is 11.7 Å². The first-order chi connectivity index (χ1) is 20.6. The summed E-state index contributed by atoms with van der Waals surface area (Å²) >= 11 is 0. The molecule has 216 valence electrons. The second-order valence-electron chi connectivity index (χ2n) is 11.9. The number of esters is 1. The van der Waals surface area contributed by atoms with E-state index in [1.165, 1.54) is 26.2 Å². The molecule has 1 atom stereocenters. The van der Waals surface area contributed by atoms with Gasteiger partial charge in [-0.15, -0.1) is 0 Å². The summed E-state index contributed by atoms with van der Waals surface area (Å²) in [5.74, 6) is -1.28. The molecule has 2 bridgehead atoms. The summed E-state index contributed by atoms with van der Waals surface area (Å²) in [7, 11) is -2.77. The van der Waals surface area contributed by atoms with Crippen LogP contribution in [0.4, 0.5) is 10.1 Å². The number of halogens is 1. The van der Waals surface area contributed by atoms with Crippen molar-refractivity contribution >= 4 is 23.1 Å². The fraction of sp³-hybridized carbons (Fsp3) is 0.500. The Hall–Kier alpha value is -4.04. The van der Waals surface area contributed by atoms with Crippen LogP contribution in [-0.2, 0) is 9.53 Å². The molecule has 6 rings (SSSR count). The standard InChI is InChI=1S/C30H35FN6O4/c1-28(2,40)25(31)18-34-27(39)21-17-33-23(24-5-4-20-12-19(15-32)16-35-37(20)24)13-22(21)36-30-9-6-29(7-10-30,8-11-30)14-26(38)41-3/h4-5,12-13,16-17,25,40H,6-11,14,18H2,1-3H3,(H,33,36)(H,34,39)/t25-,29?,30?/m1/s1/i3D3. The lowest BCUT2D eigenvalue weighted by Gasteiger charge is -2.54. The van der Waals surface area contributed by atoms with Gasteiger partial charge in [0.1, 0.15) is 12.2 Å². The van der Waals surface area contributed by atoms with E-state index in [4.69, 9.17) is 4.11 Å². The summed E-state index contributed by atoms with van der Waals surface area (Å²) in [5.41, 5.74) is 0.620. The van der Waals surface area contributed by atoms with Gasteiger partial charge in [0.15, 0.2) is 0 Å². The molecule has 1 amide bonds. The molecule has 0 radical (unpaired) electrons. The van der Waals surface area contributed by atoms with Crippen LogP contribution in [0.5, 0.6) is 0 Å². The number of aromatic nitrogens is 3. The first-order valence-electron chi connectivity index (χ1n) is 15.1. The van der Waals surface area contributed by atoms with Crippen molar-refractivity contribution in [1.29, 1.82) is 5.26 Å². The lowest BCUT2D eigenvalue weighted by atomic mass is 9.56. The van der Waals surface area contributed by atoms with Gasteiger partial charge < -0.3 is 20.5 Å². The molecular weight excluding hydrogens is 527 g/mol. The molecule has 0 unspecified atom stereocenters. The maximum Gasteiger partial charge on any atom is 0.306 e. The SMILES string of the molecule is [2H]C([2H])([2H])OC(=O)CC12CCC(Nc3cc(-c4ccc5cc(C#N)cnn45)ncc3C(=O)NC[C@@H](F)C(C)(C)O)(CC1)CC2. The fourth-order valence-corrected chi connectivity index (χ4v) is 6.01. The zero-order valence-corrected chi connectivity index (χ0v) is 23.0. The maximum absolute atomic E-state index is 14.5. The van der Waals surface area contributed by atoms with Gasteiger partial charge in [0.05, 0.1) is 69.6 Å². The van der Waals surface area contributed by atoms with Gasteiger partial charge in [0.25, 0.3) is 5.91 Å². The van der Waals surface area contributed by atoms with Crippen LogP contribution in [0.2, 0.25) is 0 Å². The molecule has 0 aliphatic heterocycles. The summed E-state index contributed by atoms with van der Waals surface area (Å²) in [6.45, 7) is 2.27.